The van der Waals surface area contributed by atoms with E-state index in [-0.39, 0.29) is 5.91 Å². The SMILES string of the molecule is CCCCCNc1cnc(C(=O)N2CCC(C)CC2)cn1. The summed E-state index contributed by atoms with van der Waals surface area (Å²) in [6.45, 7) is 6.99. The van der Waals surface area contributed by atoms with Crippen molar-refractivity contribution < 1.29 is 4.79 Å². The van der Waals surface area contributed by atoms with Crippen molar-refractivity contribution in [1.29, 1.82) is 0 Å². The van der Waals surface area contributed by atoms with Crippen LogP contribution in [0.4, 0.5) is 5.82 Å². The Morgan fingerprint density at radius 2 is 2.05 bits per heavy atom. The Hall–Kier alpha value is -1.65. The molecule has 1 aromatic heterocycles. The van der Waals surface area contributed by atoms with Gasteiger partial charge in [-0.3, -0.25) is 4.79 Å². The molecule has 1 aliphatic rings. The maximum Gasteiger partial charge on any atom is 0.274 e. The second-order valence-electron chi connectivity index (χ2n) is 5.90. The summed E-state index contributed by atoms with van der Waals surface area (Å²) >= 11 is 0. The molecule has 0 bridgehead atoms. The predicted octanol–water partition coefficient (Wildman–Crippen LogP) is 2.95. The zero-order valence-electron chi connectivity index (χ0n) is 13.1. The van der Waals surface area contributed by atoms with Gasteiger partial charge in [-0.05, 0) is 25.2 Å². The molecular formula is C16H26N4O. The maximum absolute atomic E-state index is 12.3. The molecule has 0 saturated carbocycles. The first-order chi connectivity index (χ1) is 10.2. The van der Waals surface area contributed by atoms with E-state index in [0.29, 0.717) is 5.69 Å². The van der Waals surface area contributed by atoms with E-state index in [1.54, 1.807) is 12.4 Å². The highest BCUT2D eigenvalue weighted by atomic mass is 16.2. The Kier molecular flexibility index (Phi) is 5.96. The third-order valence-electron chi connectivity index (χ3n) is 4.03. The number of piperidine rings is 1. The van der Waals surface area contributed by atoms with Gasteiger partial charge in [0.1, 0.15) is 11.5 Å². The maximum atomic E-state index is 12.3. The first-order valence-corrected chi connectivity index (χ1v) is 8.06. The predicted molar refractivity (Wildman–Crippen MR) is 84.3 cm³/mol. The Morgan fingerprint density at radius 3 is 2.67 bits per heavy atom. The lowest BCUT2D eigenvalue weighted by molar-refractivity contribution is 0.0691. The van der Waals surface area contributed by atoms with Crippen molar-refractivity contribution in [2.24, 2.45) is 5.92 Å². The van der Waals surface area contributed by atoms with Crippen LogP contribution < -0.4 is 5.32 Å². The van der Waals surface area contributed by atoms with Gasteiger partial charge in [0.15, 0.2) is 0 Å². The number of carbonyl (C=O) groups excluding carboxylic acids is 1. The summed E-state index contributed by atoms with van der Waals surface area (Å²) in [5, 5.41) is 3.23. The van der Waals surface area contributed by atoms with Crippen LogP contribution in [0, 0.1) is 5.92 Å². The van der Waals surface area contributed by atoms with E-state index >= 15 is 0 Å². The van der Waals surface area contributed by atoms with Crippen LogP contribution in [0.15, 0.2) is 12.4 Å². The van der Waals surface area contributed by atoms with Gasteiger partial charge in [-0.1, -0.05) is 26.7 Å². The third kappa shape index (κ3) is 4.69. The number of hydrogen-bond donors (Lipinski definition) is 1. The van der Waals surface area contributed by atoms with Gasteiger partial charge in [-0.15, -0.1) is 0 Å². The van der Waals surface area contributed by atoms with E-state index in [1.165, 1.54) is 12.8 Å². The molecule has 0 spiro atoms. The van der Waals surface area contributed by atoms with Crippen LogP contribution in [-0.2, 0) is 0 Å². The molecule has 1 aliphatic heterocycles. The van der Waals surface area contributed by atoms with Crippen molar-refractivity contribution >= 4 is 11.7 Å². The molecule has 116 valence electrons. The van der Waals surface area contributed by atoms with E-state index in [2.05, 4.69) is 29.1 Å². The number of rotatable bonds is 6. The second-order valence-corrected chi connectivity index (χ2v) is 5.90. The molecule has 1 N–H and O–H groups in total. The summed E-state index contributed by atoms with van der Waals surface area (Å²) in [6.07, 6.45) is 8.95. The van der Waals surface area contributed by atoms with Crippen LogP contribution in [0.5, 0.6) is 0 Å². The van der Waals surface area contributed by atoms with Gasteiger partial charge < -0.3 is 10.2 Å². The molecule has 1 aromatic rings. The molecule has 0 atom stereocenters. The highest BCUT2D eigenvalue weighted by molar-refractivity contribution is 5.92. The van der Waals surface area contributed by atoms with Crippen molar-refractivity contribution in [3.63, 3.8) is 0 Å². The summed E-state index contributed by atoms with van der Waals surface area (Å²) in [7, 11) is 0. The molecule has 0 unspecified atom stereocenters. The Labute approximate surface area is 127 Å². The van der Waals surface area contributed by atoms with Crippen molar-refractivity contribution in [1.82, 2.24) is 14.9 Å². The number of amides is 1. The van der Waals surface area contributed by atoms with Crippen LogP contribution in [0.1, 0.15) is 56.4 Å². The van der Waals surface area contributed by atoms with Gasteiger partial charge in [0.25, 0.3) is 5.91 Å². The minimum atomic E-state index is 0.00642. The largest absolute Gasteiger partial charge is 0.369 e. The molecular weight excluding hydrogens is 264 g/mol. The fourth-order valence-corrected chi connectivity index (χ4v) is 2.49. The summed E-state index contributed by atoms with van der Waals surface area (Å²) in [4.78, 5) is 22.7. The van der Waals surface area contributed by atoms with Gasteiger partial charge in [0.05, 0.1) is 12.4 Å². The summed E-state index contributed by atoms with van der Waals surface area (Å²) in [6, 6.07) is 0. The zero-order chi connectivity index (χ0) is 15.1. The average Bonchev–Trinajstić information content (AvgIpc) is 2.52. The number of nitrogens with zero attached hydrogens (tertiary/aromatic N) is 3. The van der Waals surface area contributed by atoms with Crippen LogP contribution in [-0.4, -0.2) is 40.4 Å². The van der Waals surface area contributed by atoms with Crippen LogP contribution in [0.2, 0.25) is 0 Å². The van der Waals surface area contributed by atoms with E-state index < -0.39 is 0 Å². The number of unbranched alkanes of at least 4 members (excludes halogenated alkanes) is 2. The summed E-state index contributed by atoms with van der Waals surface area (Å²) in [5.74, 6) is 1.47. The fraction of sp³-hybridized carbons (Fsp3) is 0.688. The monoisotopic (exact) mass is 290 g/mol. The Balaban J connectivity index is 1.85. The molecule has 0 aliphatic carbocycles. The highest BCUT2D eigenvalue weighted by Gasteiger charge is 2.22. The zero-order valence-corrected chi connectivity index (χ0v) is 13.1. The molecule has 2 rings (SSSR count). The first-order valence-electron chi connectivity index (χ1n) is 8.06. The van der Waals surface area contributed by atoms with Gasteiger partial charge in [-0.2, -0.15) is 0 Å². The number of likely N-dealkylation sites (tertiary alicyclic amines) is 1. The Morgan fingerprint density at radius 1 is 1.29 bits per heavy atom. The number of hydrogen-bond acceptors (Lipinski definition) is 4. The molecule has 0 aromatic carbocycles. The molecule has 2 heterocycles. The lowest BCUT2D eigenvalue weighted by atomic mass is 9.99. The van der Waals surface area contributed by atoms with E-state index in [0.717, 1.165) is 50.6 Å². The first kappa shape index (κ1) is 15.7. The van der Waals surface area contributed by atoms with Gasteiger partial charge >= 0.3 is 0 Å². The van der Waals surface area contributed by atoms with Crippen LogP contribution in [0.3, 0.4) is 0 Å². The van der Waals surface area contributed by atoms with Crippen molar-refractivity contribution in [3.8, 4) is 0 Å². The van der Waals surface area contributed by atoms with E-state index in [1.807, 2.05) is 4.90 Å². The Bertz CT molecular complexity index is 438. The van der Waals surface area contributed by atoms with Gasteiger partial charge in [-0.25, -0.2) is 9.97 Å². The fourth-order valence-electron chi connectivity index (χ4n) is 2.49. The van der Waals surface area contributed by atoms with Crippen molar-refractivity contribution in [3.05, 3.63) is 18.1 Å². The van der Waals surface area contributed by atoms with Crippen LogP contribution >= 0.6 is 0 Å². The molecule has 1 saturated heterocycles. The topological polar surface area (TPSA) is 58.1 Å². The molecule has 5 heteroatoms. The molecule has 1 fully saturated rings. The summed E-state index contributed by atoms with van der Waals surface area (Å²) in [5.41, 5.74) is 0.448. The molecule has 5 nitrogen and oxygen atoms in total. The smallest absolute Gasteiger partial charge is 0.274 e. The normalized spacial score (nSPS) is 16.0. The third-order valence-corrected chi connectivity index (χ3v) is 4.03. The number of nitrogens with one attached hydrogen (secondary N) is 1. The van der Waals surface area contributed by atoms with Gasteiger partial charge in [0.2, 0.25) is 0 Å². The molecule has 21 heavy (non-hydrogen) atoms. The van der Waals surface area contributed by atoms with E-state index in [4.69, 9.17) is 0 Å². The number of carbonyl (C=O) groups is 1. The number of anilines is 1. The minimum Gasteiger partial charge on any atom is -0.369 e. The van der Waals surface area contributed by atoms with Crippen LogP contribution in [0.25, 0.3) is 0 Å². The highest BCUT2D eigenvalue weighted by Crippen LogP contribution is 2.17. The number of aromatic nitrogens is 2. The van der Waals surface area contributed by atoms with Crippen molar-refractivity contribution in [2.45, 2.75) is 46.0 Å². The average molecular weight is 290 g/mol. The lowest BCUT2D eigenvalue weighted by Crippen LogP contribution is -2.38. The molecule has 0 radical (unpaired) electrons. The lowest BCUT2D eigenvalue weighted by Gasteiger charge is -2.29. The molecule has 1 amide bonds. The van der Waals surface area contributed by atoms with Crippen molar-refractivity contribution in [2.75, 3.05) is 25.0 Å². The van der Waals surface area contributed by atoms with Gasteiger partial charge in [0, 0.05) is 19.6 Å². The summed E-state index contributed by atoms with van der Waals surface area (Å²) < 4.78 is 0. The second kappa shape index (κ2) is 7.96. The quantitative estimate of drug-likeness (QED) is 0.818. The minimum absolute atomic E-state index is 0.00642. The standard InChI is InChI=1S/C16H26N4O/c1-3-4-5-8-17-15-12-18-14(11-19-15)16(21)20-9-6-13(2)7-10-20/h11-13H,3-10H2,1-2H3,(H,17,19). The van der Waals surface area contributed by atoms with E-state index in [9.17, 15) is 4.79 Å².